The van der Waals surface area contributed by atoms with Gasteiger partial charge >= 0.3 is 6.18 Å². The third-order valence-electron chi connectivity index (χ3n) is 3.01. The minimum atomic E-state index is -4.63. The summed E-state index contributed by atoms with van der Waals surface area (Å²) in [5.41, 5.74) is 5.47. The number of nitrogens with two attached hydrogens (primary N) is 1. The molecule has 1 aromatic rings. The predicted octanol–water partition coefficient (Wildman–Crippen LogP) is 1.86. The number of anilines is 1. The molecule has 0 unspecified atom stereocenters. The number of nitrogens with zero attached hydrogens (tertiary/aromatic N) is 2. The fraction of sp³-hybridized carbons (Fsp3) is 0.417. The number of sulfonamides is 1. The third kappa shape index (κ3) is 3.46. The Morgan fingerprint density at radius 3 is 2.43 bits per heavy atom. The molecule has 2 rings (SSSR count). The Hall–Kier alpha value is -1.79. The van der Waals surface area contributed by atoms with Gasteiger partial charge in [0.2, 0.25) is 10.0 Å². The molecule has 2 N–H and O–H groups in total. The van der Waals surface area contributed by atoms with Crippen LogP contribution in [-0.4, -0.2) is 31.5 Å². The van der Waals surface area contributed by atoms with Crippen LogP contribution in [0.4, 0.5) is 18.9 Å². The second-order valence-electron chi connectivity index (χ2n) is 4.76. The largest absolute Gasteiger partial charge is 0.402 e. The molecule has 1 aliphatic carbocycles. The molecule has 1 aromatic carbocycles. The van der Waals surface area contributed by atoms with Gasteiger partial charge in [0.15, 0.2) is 0 Å². The molecule has 0 radical (unpaired) electrons. The standard InChI is InChI=1S/C12H12F3N3O2S/c13-12(14,15)7-18(9-2-3-9)21(19,20)11-4-1-8(6-16)5-10(11)17/h1,4-5,9H,2-3,7,17H2. The highest BCUT2D eigenvalue weighted by Gasteiger charge is 2.45. The molecule has 1 aliphatic rings. The highest BCUT2D eigenvalue weighted by atomic mass is 32.2. The fourth-order valence-electron chi connectivity index (χ4n) is 1.93. The van der Waals surface area contributed by atoms with Crippen LogP contribution >= 0.6 is 0 Å². The maximum Gasteiger partial charge on any atom is 0.402 e. The quantitative estimate of drug-likeness (QED) is 0.858. The molecule has 0 spiro atoms. The van der Waals surface area contributed by atoms with E-state index < -0.39 is 33.7 Å². The molecule has 0 aromatic heterocycles. The molecule has 114 valence electrons. The zero-order valence-electron chi connectivity index (χ0n) is 10.8. The van der Waals surface area contributed by atoms with Crippen LogP contribution < -0.4 is 5.73 Å². The first-order chi connectivity index (χ1) is 9.65. The highest BCUT2D eigenvalue weighted by Crippen LogP contribution is 2.36. The Balaban J connectivity index is 2.42. The van der Waals surface area contributed by atoms with Gasteiger partial charge in [-0.05, 0) is 31.0 Å². The first-order valence-corrected chi connectivity index (χ1v) is 7.47. The zero-order valence-corrected chi connectivity index (χ0v) is 11.6. The summed E-state index contributed by atoms with van der Waals surface area (Å²) in [5, 5.41) is 8.70. The molecule has 0 heterocycles. The van der Waals surface area contributed by atoms with Crippen molar-refractivity contribution >= 4 is 15.7 Å². The molecule has 1 saturated carbocycles. The van der Waals surface area contributed by atoms with Crippen LogP contribution in [0.1, 0.15) is 18.4 Å². The molecular weight excluding hydrogens is 307 g/mol. The summed E-state index contributed by atoms with van der Waals surface area (Å²) in [5.74, 6) is 0. The topological polar surface area (TPSA) is 87.2 Å². The summed E-state index contributed by atoms with van der Waals surface area (Å²) in [6.45, 7) is -1.54. The van der Waals surface area contributed by atoms with Crippen LogP contribution in [0.15, 0.2) is 23.1 Å². The summed E-state index contributed by atoms with van der Waals surface area (Å²) in [4.78, 5) is -0.405. The minimum Gasteiger partial charge on any atom is -0.398 e. The smallest absolute Gasteiger partial charge is 0.398 e. The Morgan fingerprint density at radius 2 is 2.00 bits per heavy atom. The average molecular weight is 319 g/mol. The molecule has 1 fully saturated rings. The SMILES string of the molecule is N#Cc1ccc(S(=O)(=O)N(CC(F)(F)F)C2CC2)c(N)c1. The molecule has 0 aliphatic heterocycles. The first-order valence-electron chi connectivity index (χ1n) is 6.03. The van der Waals surface area contributed by atoms with Gasteiger partial charge in [0.1, 0.15) is 11.4 Å². The van der Waals surface area contributed by atoms with E-state index in [1.165, 1.54) is 6.07 Å². The highest BCUT2D eigenvalue weighted by molar-refractivity contribution is 7.89. The average Bonchev–Trinajstić information content (AvgIpc) is 3.18. The lowest BCUT2D eigenvalue weighted by Crippen LogP contribution is -2.40. The Kier molecular flexibility index (Phi) is 3.86. The van der Waals surface area contributed by atoms with Crippen molar-refractivity contribution in [2.45, 2.75) is 30.0 Å². The first kappa shape index (κ1) is 15.6. The van der Waals surface area contributed by atoms with E-state index in [0.717, 1.165) is 12.1 Å². The Labute approximate surface area is 119 Å². The summed E-state index contributed by atoms with van der Waals surface area (Å²) in [6, 6.07) is 4.54. The normalized spacial score (nSPS) is 16.0. The maximum atomic E-state index is 12.6. The van der Waals surface area contributed by atoms with Gasteiger partial charge in [-0.1, -0.05) is 0 Å². The van der Waals surface area contributed by atoms with E-state index in [1.807, 2.05) is 0 Å². The van der Waals surface area contributed by atoms with Gasteiger partial charge in [-0.15, -0.1) is 0 Å². The lowest BCUT2D eigenvalue weighted by Gasteiger charge is -2.23. The van der Waals surface area contributed by atoms with E-state index in [-0.39, 0.29) is 11.3 Å². The van der Waals surface area contributed by atoms with E-state index in [2.05, 4.69) is 0 Å². The van der Waals surface area contributed by atoms with Crippen LogP contribution in [0.2, 0.25) is 0 Å². The lowest BCUT2D eigenvalue weighted by molar-refractivity contribution is -0.137. The van der Waals surface area contributed by atoms with Crippen molar-refractivity contribution < 1.29 is 21.6 Å². The summed E-state index contributed by atoms with van der Waals surface area (Å²) in [7, 11) is -4.35. The number of alkyl halides is 3. The van der Waals surface area contributed by atoms with Crippen molar-refractivity contribution in [3.8, 4) is 6.07 Å². The Morgan fingerprint density at radius 1 is 1.38 bits per heavy atom. The molecular formula is C12H12F3N3O2S. The fourth-order valence-corrected chi connectivity index (χ4v) is 3.70. The van der Waals surface area contributed by atoms with E-state index in [9.17, 15) is 21.6 Å². The van der Waals surface area contributed by atoms with Crippen LogP contribution in [0, 0.1) is 11.3 Å². The van der Waals surface area contributed by atoms with Gasteiger partial charge in [0.25, 0.3) is 0 Å². The van der Waals surface area contributed by atoms with Crippen molar-refractivity contribution in [3.63, 3.8) is 0 Å². The van der Waals surface area contributed by atoms with Crippen LogP contribution in [0.25, 0.3) is 0 Å². The van der Waals surface area contributed by atoms with Gasteiger partial charge in [-0.2, -0.15) is 22.7 Å². The lowest BCUT2D eigenvalue weighted by atomic mass is 10.2. The van der Waals surface area contributed by atoms with E-state index in [4.69, 9.17) is 11.0 Å². The Bertz CT molecular complexity index is 691. The van der Waals surface area contributed by atoms with Gasteiger partial charge in [-0.3, -0.25) is 0 Å². The number of rotatable bonds is 4. The number of nitriles is 1. The van der Waals surface area contributed by atoms with Gasteiger partial charge < -0.3 is 5.73 Å². The molecule has 0 atom stereocenters. The van der Waals surface area contributed by atoms with Crippen LogP contribution in [-0.2, 0) is 10.0 Å². The minimum absolute atomic E-state index is 0.139. The molecule has 0 saturated heterocycles. The number of hydrogen-bond acceptors (Lipinski definition) is 4. The van der Waals surface area contributed by atoms with Crippen molar-refractivity contribution in [1.82, 2.24) is 4.31 Å². The van der Waals surface area contributed by atoms with Crippen molar-refractivity contribution in [2.75, 3.05) is 12.3 Å². The molecule has 0 bridgehead atoms. The van der Waals surface area contributed by atoms with E-state index in [0.29, 0.717) is 17.1 Å². The second-order valence-corrected chi connectivity index (χ2v) is 6.62. The van der Waals surface area contributed by atoms with E-state index in [1.54, 1.807) is 6.07 Å². The summed E-state index contributed by atoms with van der Waals surface area (Å²) < 4.78 is 62.9. The summed E-state index contributed by atoms with van der Waals surface area (Å²) >= 11 is 0. The van der Waals surface area contributed by atoms with Crippen molar-refractivity contribution in [2.24, 2.45) is 0 Å². The van der Waals surface area contributed by atoms with Crippen LogP contribution in [0.5, 0.6) is 0 Å². The molecule has 5 nitrogen and oxygen atoms in total. The zero-order chi connectivity index (χ0) is 15.8. The third-order valence-corrected chi connectivity index (χ3v) is 4.99. The van der Waals surface area contributed by atoms with Gasteiger partial charge in [0, 0.05) is 6.04 Å². The second kappa shape index (κ2) is 5.20. The molecule has 21 heavy (non-hydrogen) atoms. The van der Waals surface area contributed by atoms with Crippen LogP contribution in [0.3, 0.4) is 0 Å². The van der Waals surface area contributed by atoms with Gasteiger partial charge in [0.05, 0.1) is 17.3 Å². The number of hydrogen-bond donors (Lipinski definition) is 1. The van der Waals surface area contributed by atoms with Crippen molar-refractivity contribution in [1.29, 1.82) is 5.26 Å². The number of nitrogen functional groups attached to an aromatic ring is 1. The summed E-state index contributed by atoms with van der Waals surface area (Å²) in [6.07, 6.45) is -3.84. The number of halogens is 3. The number of benzene rings is 1. The monoisotopic (exact) mass is 319 g/mol. The van der Waals surface area contributed by atoms with Crippen molar-refractivity contribution in [3.05, 3.63) is 23.8 Å². The maximum absolute atomic E-state index is 12.6. The molecule has 0 amide bonds. The molecule has 9 heteroatoms. The predicted molar refractivity (Wildman–Crippen MR) is 68.5 cm³/mol. The van der Waals surface area contributed by atoms with Gasteiger partial charge in [-0.25, -0.2) is 8.42 Å². The van der Waals surface area contributed by atoms with E-state index >= 15 is 0 Å².